The lowest BCUT2D eigenvalue weighted by Crippen LogP contribution is -1.87. The maximum Gasteiger partial charge on any atom is 0.0372 e. The third-order valence-electron chi connectivity index (χ3n) is 2.48. The molecule has 0 N–H and O–H groups in total. The number of alkyl halides is 1. The molecule has 1 aromatic heterocycles. The van der Waals surface area contributed by atoms with E-state index in [0.29, 0.717) is 11.8 Å². The second-order valence-corrected chi connectivity index (χ2v) is 3.80. The van der Waals surface area contributed by atoms with Gasteiger partial charge in [0.25, 0.3) is 0 Å². The van der Waals surface area contributed by atoms with Crippen molar-refractivity contribution in [1.29, 1.82) is 0 Å². The summed E-state index contributed by atoms with van der Waals surface area (Å²) in [7, 11) is 0. The minimum atomic E-state index is 0.690. The van der Waals surface area contributed by atoms with Gasteiger partial charge in [-0.05, 0) is 36.8 Å². The molecule has 2 heteroatoms. The van der Waals surface area contributed by atoms with E-state index < -0.39 is 0 Å². The van der Waals surface area contributed by atoms with Crippen molar-refractivity contribution < 1.29 is 0 Å². The number of rotatable bonds is 2. The summed E-state index contributed by atoms with van der Waals surface area (Å²) in [5, 5.41) is 0. The van der Waals surface area contributed by atoms with Crippen LogP contribution < -0.4 is 0 Å². The lowest BCUT2D eigenvalue weighted by molar-refractivity contribution is 0.915. The fourth-order valence-corrected chi connectivity index (χ4v) is 1.87. The summed E-state index contributed by atoms with van der Waals surface area (Å²) >= 11 is 5.75. The van der Waals surface area contributed by atoms with Crippen molar-refractivity contribution in [3.05, 3.63) is 29.6 Å². The minimum absolute atomic E-state index is 0.690. The first kappa shape index (κ1) is 8.06. The Bertz CT molecular complexity index is 268. The fraction of sp³-hybridized carbons (Fsp3) is 0.500. The average Bonchev–Trinajstić information content (AvgIpc) is 2.85. The van der Waals surface area contributed by atoms with Crippen molar-refractivity contribution >= 4 is 11.6 Å². The highest BCUT2D eigenvalue weighted by Gasteiger charge is 2.37. The van der Waals surface area contributed by atoms with E-state index in [0.717, 1.165) is 11.6 Å². The predicted octanol–water partition coefficient (Wildman–Crippen LogP) is 2.73. The molecule has 1 aliphatic carbocycles. The predicted molar refractivity (Wildman–Crippen MR) is 50.5 cm³/mol. The van der Waals surface area contributed by atoms with Crippen LogP contribution in [0.5, 0.6) is 0 Å². The molecule has 2 unspecified atom stereocenters. The van der Waals surface area contributed by atoms with E-state index in [-0.39, 0.29) is 0 Å². The van der Waals surface area contributed by atoms with E-state index in [1.54, 1.807) is 0 Å². The summed E-state index contributed by atoms with van der Waals surface area (Å²) in [6.45, 7) is 2.01. The van der Waals surface area contributed by atoms with Crippen LogP contribution in [0.15, 0.2) is 18.3 Å². The summed E-state index contributed by atoms with van der Waals surface area (Å²) < 4.78 is 0. The van der Waals surface area contributed by atoms with Crippen LogP contribution in [0.3, 0.4) is 0 Å². The molecule has 1 saturated carbocycles. The molecule has 12 heavy (non-hydrogen) atoms. The van der Waals surface area contributed by atoms with Crippen LogP contribution in [0.4, 0.5) is 0 Å². The molecule has 0 amide bonds. The Morgan fingerprint density at radius 1 is 1.58 bits per heavy atom. The molecule has 1 fully saturated rings. The van der Waals surface area contributed by atoms with Gasteiger partial charge in [0, 0.05) is 17.8 Å². The number of nitrogens with zero attached hydrogens (tertiary/aromatic N) is 1. The second kappa shape index (κ2) is 3.06. The standard InChI is InChI=1S/C10H12ClN/c1-7-2-3-8(6-12-7)10-4-9(10)5-11/h2-3,6,9-10H,4-5H2,1H3. The van der Waals surface area contributed by atoms with Gasteiger partial charge in [0.2, 0.25) is 0 Å². The van der Waals surface area contributed by atoms with E-state index >= 15 is 0 Å². The maximum absolute atomic E-state index is 5.75. The first-order chi connectivity index (χ1) is 5.81. The van der Waals surface area contributed by atoms with Crippen molar-refractivity contribution in [2.24, 2.45) is 5.92 Å². The number of hydrogen-bond acceptors (Lipinski definition) is 1. The summed E-state index contributed by atoms with van der Waals surface area (Å²) in [4.78, 5) is 4.27. The van der Waals surface area contributed by atoms with Crippen LogP contribution >= 0.6 is 11.6 Å². The normalized spacial score (nSPS) is 27.2. The highest BCUT2D eigenvalue weighted by Crippen LogP contribution is 2.47. The quantitative estimate of drug-likeness (QED) is 0.640. The zero-order chi connectivity index (χ0) is 8.55. The van der Waals surface area contributed by atoms with Crippen LogP contribution in [0.1, 0.15) is 23.6 Å². The molecule has 0 aromatic carbocycles. The molecule has 0 radical (unpaired) electrons. The molecule has 0 bridgehead atoms. The van der Waals surface area contributed by atoms with Gasteiger partial charge in [0.1, 0.15) is 0 Å². The van der Waals surface area contributed by atoms with Crippen molar-refractivity contribution in [2.45, 2.75) is 19.3 Å². The topological polar surface area (TPSA) is 12.9 Å². The van der Waals surface area contributed by atoms with Gasteiger partial charge in [-0.3, -0.25) is 4.98 Å². The van der Waals surface area contributed by atoms with E-state index in [2.05, 4.69) is 17.1 Å². The molecule has 0 saturated heterocycles. The van der Waals surface area contributed by atoms with Gasteiger partial charge in [-0.2, -0.15) is 0 Å². The van der Waals surface area contributed by atoms with Gasteiger partial charge in [-0.1, -0.05) is 6.07 Å². The summed E-state index contributed by atoms with van der Waals surface area (Å²) in [6.07, 6.45) is 3.22. The van der Waals surface area contributed by atoms with Crippen LogP contribution in [0.25, 0.3) is 0 Å². The van der Waals surface area contributed by atoms with Crippen molar-refractivity contribution in [3.63, 3.8) is 0 Å². The SMILES string of the molecule is Cc1ccc(C2CC2CCl)cn1. The van der Waals surface area contributed by atoms with Crippen LogP contribution in [0.2, 0.25) is 0 Å². The van der Waals surface area contributed by atoms with Crippen molar-refractivity contribution in [1.82, 2.24) is 4.98 Å². The van der Waals surface area contributed by atoms with Crippen molar-refractivity contribution in [2.75, 3.05) is 5.88 Å². The van der Waals surface area contributed by atoms with Crippen LogP contribution in [-0.4, -0.2) is 10.9 Å². The zero-order valence-corrected chi connectivity index (χ0v) is 7.88. The van der Waals surface area contributed by atoms with E-state index in [1.165, 1.54) is 12.0 Å². The molecule has 1 aliphatic rings. The van der Waals surface area contributed by atoms with Gasteiger partial charge in [-0.15, -0.1) is 11.6 Å². The Hall–Kier alpha value is -0.560. The average molecular weight is 182 g/mol. The minimum Gasteiger partial charge on any atom is -0.261 e. The van der Waals surface area contributed by atoms with Gasteiger partial charge >= 0.3 is 0 Å². The molecular weight excluding hydrogens is 170 g/mol. The summed E-state index contributed by atoms with van der Waals surface area (Å²) in [5.41, 5.74) is 2.44. The smallest absolute Gasteiger partial charge is 0.0372 e. The first-order valence-electron chi connectivity index (χ1n) is 4.30. The summed E-state index contributed by atoms with van der Waals surface area (Å²) in [5.74, 6) is 2.19. The van der Waals surface area contributed by atoms with Gasteiger partial charge < -0.3 is 0 Å². The molecular formula is C10H12ClN. The molecule has 1 nitrogen and oxygen atoms in total. The Labute approximate surface area is 77.8 Å². The van der Waals surface area contributed by atoms with E-state index in [4.69, 9.17) is 11.6 Å². The van der Waals surface area contributed by atoms with Gasteiger partial charge in [-0.25, -0.2) is 0 Å². The van der Waals surface area contributed by atoms with Crippen LogP contribution in [-0.2, 0) is 0 Å². The molecule has 0 aliphatic heterocycles. The molecule has 2 rings (SSSR count). The Kier molecular flexibility index (Phi) is 2.05. The van der Waals surface area contributed by atoms with Crippen LogP contribution in [0, 0.1) is 12.8 Å². The Morgan fingerprint density at radius 2 is 2.42 bits per heavy atom. The Balaban J connectivity index is 2.10. The lowest BCUT2D eigenvalue weighted by atomic mass is 10.1. The highest BCUT2D eigenvalue weighted by molar-refractivity contribution is 6.18. The van der Waals surface area contributed by atoms with Gasteiger partial charge in [0.15, 0.2) is 0 Å². The maximum atomic E-state index is 5.75. The molecule has 1 heterocycles. The van der Waals surface area contributed by atoms with E-state index in [9.17, 15) is 0 Å². The number of aromatic nitrogens is 1. The number of hydrogen-bond donors (Lipinski definition) is 0. The molecule has 1 aromatic rings. The third-order valence-corrected chi connectivity index (χ3v) is 2.88. The van der Waals surface area contributed by atoms with Gasteiger partial charge in [0.05, 0.1) is 0 Å². The first-order valence-corrected chi connectivity index (χ1v) is 4.83. The van der Waals surface area contributed by atoms with Crippen molar-refractivity contribution in [3.8, 4) is 0 Å². The second-order valence-electron chi connectivity index (χ2n) is 3.49. The zero-order valence-electron chi connectivity index (χ0n) is 7.13. The monoisotopic (exact) mass is 181 g/mol. The number of pyridine rings is 1. The molecule has 2 atom stereocenters. The molecule has 64 valence electrons. The fourth-order valence-electron chi connectivity index (χ4n) is 1.52. The Morgan fingerprint density at radius 3 is 2.92 bits per heavy atom. The largest absolute Gasteiger partial charge is 0.261 e. The summed E-state index contributed by atoms with van der Waals surface area (Å²) in [6, 6.07) is 4.23. The lowest BCUT2D eigenvalue weighted by Gasteiger charge is -1.97. The molecule has 0 spiro atoms. The third kappa shape index (κ3) is 1.46. The van der Waals surface area contributed by atoms with E-state index in [1.807, 2.05) is 13.1 Å². The number of aryl methyl sites for hydroxylation is 1. The highest BCUT2D eigenvalue weighted by atomic mass is 35.5. The number of halogens is 1.